The van der Waals surface area contributed by atoms with E-state index in [0.717, 1.165) is 0 Å². The summed E-state index contributed by atoms with van der Waals surface area (Å²) in [7, 11) is 0. The number of hydrogen-bond donors (Lipinski definition) is 0. The maximum Gasteiger partial charge on any atom is 0.411 e. The Bertz CT molecular complexity index is 230. The smallest absolute Gasteiger partial charge is 0.369 e. The molecule has 0 spiro atoms. The Morgan fingerprint density at radius 2 is 1.21 bits per heavy atom. The van der Waals surface area contributed by atoms with Gasteiger partial charge in [-0.25, -0.2) is 0 Å². The molecular formula is C7H9Cl2F6O3P. The Kier molecular flexibility index (Phi) is 8.90. The van der Waals surface area contributed by atoms with Gasteiger partial charge in [0.15, 0.2) is 0 Å². The molecule has 0 saturated heterocycles. The molecule has 116 valence electrons. The number of halogens is 8. The van der Waals surface area contributed by atoms with Crippen molar-refractivity contribution in [3.8, 4) is 0 Å². The zero-order valence-electron chi connectivity index (χ0n) is 9.10. The van der Waals surface area contributed by atoms with Crippen molar-refractivity contribution in [2.75, 3.05) is 26.4 Å². The van der Waals surface area contributed by atoms with Crippen LogP contribution in [0.15, 0.2) is 0 Å². The molecule has 0 aromatic rings. The van der Waals surface area contributed by atoms with Gasteiger partial charge in [-0.05, 0) is 22.5 Å². The van der Waals surface area contributed by atoms with Gasteiger partial charge in [-0.1, -0.05) is 0 Å². The first-order valence-electron chi connectivity index (χ1n) is 4.57. The summed E-state index contributed by atoms with van der Waals surface area (Å²) in [6.45, 7) is -6.42. The van der Waals surface area contributed by atoms with E-state index in [9.17, 15) is 26.3 Å². The summed E-state index contributed by atoms with van der Waals surface area (Å²) in [5.41, 5.74) is 0. The molecule has 0 heterocycles. The van der Waals surface area contributed by atoms with Crippen LogP contribution >= 0.6 is 29.3 Å². The lowest BCUT2D eigenvalue weighted by atomic mass is 10.4. The molecule has 0 amide bonds. The molecule has 3 nitrogen and oxygen atoms in total. The van der Waals surface area contributed by atoms with Crippen molar-refractivity contribution in [3.63, 3.8) is 0 Å². The van der Waals surface area contributed by atoms with Gasteiger partial charge in [0, 0.05) is 0 Å². The summed E-state index contributed by atoms with van der Waals surface area (Å²) in [4.78, 5) is 0. The Labute approximate surface area is 115 Å². The number of hydrogen-bond acceptors (Lipinski definition) is 3. The topological polar surface area (TPSA) is 27.7 Å². The van der Waals surface area contributed by atoms with E-state index in [-0.39, 0.29) is 0 Å². The fraction of sp³-hybridized carbons (Fsp3) is 1.00. The molecule has 0 aromatic carbocycles. The van der Waals surface area contributed by atoms with Crippen LogP contribution in [0.25, 0.3) is 0 Å². The van der Waals surface area contributed by atoms with E-state index in [2.05, 4.69) is 9.47 Å². The molecule has 0 atom stereocenters. The van der Waals surface area contributed by atoms with Gasteiger partial charge in [0.1, 0.15) is 19.3 Å². The quantitative estimate of drug-likeness (QED) is 0.481. The van der Waals surface area contributed by atoms with Crippen LogP contribution in [0, 0.1) is 0 Å². The highest BCUT2D eigenvalue weighted by atomic mass is 35.9. The zero-order valence-corrected chi connectivity index (χ0v) is 11.5. The number of alkyl halides is 6. The number of rotatable bonds is 8. The minimum atomic E-state index is -4.55. The Balaban J connectivity index is 4.02. The van der Waals surface area contributed by atoms with Crippen LogP contribution in [0.5, 0.6) is 0 Å². The van der Waals surface area contributed by atoms with E-state index in [1.165, 1.54) is 0 Å². The first-order chi connectivity index (χ1) is 8.49. The largest absolute Gasteiger partial charge is 0.411 e. The van der Waals surface area contributed by atoms with Gasteiger partial charge in [0.2, 0.25) is 6.85 Å². The van der Waals surface area contributed by atoms with Crippen LogP contribution in [0.1, 0.15) is 0 Å². The predicted octanol–water partition coefficient (Wildman–Crippen LogP) is 4.23. The molecule has 19 heavy (non-hydrogen) atoms. The van der Waals surface area contributed by atoms with Crippen LogP contribution in [0.4, 0.5) is 26.3 Å². The monoisotopic (exact) mass is 356 g/mol. The van der Waals surface area contributed by atoms with Crippen molar-refractivity contribution < 1.29 is 40.3 Å². The summed E-state index contributed by atoms with van der Waals surface area (Å²) >= 11 is 10.5. The molecule has 0 rings (SSSR count). The molecule has 0 radical (unpaired) electrons. The highest BCUT2D eigenvalue weighted by Crippen LogP contribution is 2.48. The fourth-order valence-corrected chi connectivity index (χ4v) is 1.86. The van der Waals surface area contributed by atoms with E-state index in [4.69, 9.17) is 27.0 Å². The second kappa shape index (κ2) is 8.69. The van der Waals surface area contributed by atoms with Gasteiger partial charge in [-0.15, -0.1) is 0 Å². The van der Waals surface area contributed by atoms with Crippen molar-refractivity contribution in [2.24, 2.45) is 0 Å². The third kappa shape index (κ3) is 14.7. The number of ether oxygens (including phenoxy) is 2. The maximum absolute atomic E-state index is 11.8. The predicted molar refractivity (Wildman–Crippen MR) is 57.2 cm³/mol. The Morgan fingerprint density at radius 1 is 0.842 bits per heavy atom. The lowest BCUT2D eigenvalue weighted by Crippen LogP contribution is -2.29. The van der Waals surface area contributed by atoms with Crippen molar-refractivity contribution >= 4 is 29.3 Å². The van der Waals surface area contributed by atoms with Crippen LogP contribution < -0.4 is 0 Å². The van der Waals surface area contributed by atoms with Crippen molar-refractivity contribution in [1.82, 2.24) is 0 Å². The molecule has 0 aliphatic rings. The first kappa shape index (κ1) is 19.5. The zero-order chi connectivity index (χ0) is 15.1. The van der Waals surface area contributed by atoms with Crippen LogP contribution in [0.3, 0.4) is 0 Å². The SMILES string of the molecule is FC(F)(F)COCC(COCC(F)(F)F)OP(Cl)Cl. The van der Waals surface area contributed by atoms with E-state index in [0.29, 0.717) is 0 Å². The molecule has 0 unspecified atom stereocenters. The van der Waals surface area contributed by atoms with Gasteiger partial charge in [-0.2, -0.15) is 26.3 Å². The van der Waals surface area contributed by atoms with Crippen LogP contribution in [-0.4, -0.2) is 44.9 Å². The van der Waals surface area contributed by atoms with Gasteiger partial charge in [0.25, 0.3) is 0 Å². The van der Waals surface area contributed by atoms with Gasteiger partial charge in [-0.3, -0.25) is 0 Å². The van der Waals surface area contributed by atoms with Crippen molar-refractivity contribution in [3.05, 3.63) is 0 Å². The summed E-state index contributed by atoms with van der Waals surface area (Å²) in [5, 5.41) is 0. The summed E-state index contributed by atoms with van der Waals surface area (Å²) in [6.07, 6.45) is -10.3. The molecule has 0 N–H and O–H groups in total. The summed E-state index contributed by atoms with van der Waals surface area (Å²) in [6, 6.07) is 0. The highest BCUT2D eigenvalue weighted by Gasteiger charge is 2.30. The molecule has 12 heteroatoms. The second-order valence-electron chi connectivity index (χ2n) is 3.19. The lowest BCUT2D eigenvalue weighted by Gasteiger charge is -2.19. The molecule has 0 aromatic heterocycles. The van der Waals surface area contributed by atoms with Gasteiger partial charge in [0.05, 0.1) is 13.2 Å². The molecule has 0 aliphatic heterocycles. The Hall–Kier alpha value is 0.470. The molecule has 0 aliphatic carbocycles. The average Bonchev–Trinajstić information content (AvgIpc) is 2.11. The average molecular weight is 357 g/mol. The van der Waals surface area contributed by atoms with E-state index in [1.807, 2.05) is 0 Å². The van der Waals surface area contributed by atoms with Crippen LogP contribution in [0.2, 0.25) is 0 Å². The molecule has 0 fully saturated rings. The minimum absolute atomic E-state index is 0.643. The Morgan fingerprint density at radius 3 is 1.47 bits per heavy atom. The van der Waals surface area contributed by atoms with E-state index in [1.54, 1.807) is 0 Å². The molecular weight excluding hydrogens is 348 g/mol. The van der Waals surface area contributed by atoms with Crippen molar-refractivity contribution in [1.29, 1.82) is 0 Å². The summed E-state index contributed by atoms with van der Waals surface area (Å²) < 4.78 is 83.8. The third-order valence-corrected chi connectivity index (χ3v) is 2.30. The third-order valence-electron chi connectivity index (χ3n) is 1.37. The van der Waals surface area contributed by atoms with Crippen LogP contribution in [-0.2, 0) is 14.0 Å². The van der Waals surface area contributed by atoms with E-state index < -0.39 is 51.7 Å². The fourth-order valence-electron chi connectivity index (χ4n) is 0.834. The van der Waals surface area contributed by atoms with Crippen molar-refractivity contribution in [2.45, 2.75) is 18.5 Å². The maximum atomic E-state index is 11.8. The lowest BCUT2D eigenvalue weighted by molar-refractivity contribution is -0.188. The summed E-state index contributed by atoms with van der Waals surface area (Å²) in [5.74, 6) is 0. The first-order valence-corrected chi connectivity index (χ1v) is 7.64. The molecule has 0 saturated carbocycles. The standard InChI is InChI=1S/C7H9Cl2F6O3P/c8-19(9)18-5(1-16-3-6(10,11)12)2-17-4-7(13,14)15/h5H,1-4H2. The molecule has 0 bridgehead atoms. The minimum Gasteiger partial charge on any atom is -0.369 e. The van der Waals surface area contributed by atoms with Gasteiger partial charge >= 0.3 is 12.4 Å². The van der Waals surface area contributed by atoms with Gasteiger partial charge < -0.3 is 14.0 Å². The second-order valence-corrected chi connectivity index (χ2v) is 6.17. The van der Waals surface area contributed by atoms with E-state index >= 15 is 0 Å². The normalized spacial score (nSPS) is 13.6. The highest BCUT2D eigenvalue weighted by molar-refractivity contribution is 8.00.